The van der Waals surface area contributed by atoms with Crippen LogP contribution in [0.2, 0.25) is 0 Å². The molecular weight excluding hydrogens is 224 g/mol. The van der Waals surface area contributed by atoms with Gasteiger partial charge in [0.15, 0.2) is 5.90 Å². The highest BCUT2D eigenvalue weighted by Gasteiger charge is 2.18. The summed E-state index contributed by atoms with van der Waals surface area (Å²) in [7, 11) is 1.73. The maximum atomic E-state index is 5.30. The minimum absolute atomic E-state index is 0.539. The topological polar surface area (TPSA) is 24.8 Å². The summed E-state index contributed by atoms with van der Waals surface area (Å²) in [6, 6.07) is 0.539. The summed E-state index contributed by atoms with van der Waals surface area (Å²) in [5.41, 5.74) is 0. The Morgan fingerprint density at radius 1 is 1.39 bits per heavy atom. The summed E-state index contributed by atoms with van der Waals surface area (Å²) in [6.45, 7) is 10.2. The monoisotopic (exact) mass is 254 g/mol. The summed E-state index contributed by atoms with van der Waals surface area (Å²) < 4.78 is 5.30. The fourth-order valence-corrected chi connectivity index (χ4v) is 2.53. The van der Waals surface area contributed by atoms with Crippen LogP contribution in [0.4, 0.5) is 0 Å². The van der Waals surface area contributed by atoms with Crippen LogP contribution in [0.15, 0.2) is 4.99 Å². The molecule has 18 heavy (non-hydrogen) atoms. The third-order valence-corrected chi connectivity index (χ3v) is 3.91. The van der Waals surface area contributed by atoms with Gasteiger partial charge < -0.3 is 4.74 Å². The van der Waals surface area contributed by atoms with E-state index in [2.05, 4.69) is 30.7 Å². The fraction of sp³-hybridized carbons (Fsp3) is 0.933. The standard InChI is InChI=1S/C15H30N2O/c1-5-7-15(18-4)16-12-14(3)17-10-6-8-13(2)9-11-17/h13-14H,5-12H2,1-4H3. The zero-order valence-corrected chi connectivity index (χ0v) is 12.6. The maximum absolute atomic E-state index is 5.30. The van der Waals surface area contributed by atoms with Gasteiger partial charge in [0.25, 0.3) is 0 Å². The lowest BCUT2D eigenvalue weighted by molar-refractivity contribution is 0.219. The van der Waals surface area contributed by atoms with Crippen LogP contribution in [0.1, 0.15) is 52.9 Å². The van der Waals surface area contributed by atoms with E-state index >= 15 is 0 Å². The van der Waals surface area contributed by atoms with Crippen LogP contribution in [0, 0.1) is 5.92 Å². The third-order valence-electron chi connectivity index (χ3n) is 3.91. The number of nitrogens with zero attached hydrogens (tertiary/aromatic N) is 2. The number of hydrogen-bond acceptors (Lipinski definition) is 3. The van der Waals surface area contributed by atoms with Crippen LogP contribution in [0.3, 0.4) is 0 Å². The van der Waals surface area contributed by atoms with Crippen LogP contribution in [0.25, 0.3) is 0 Å². The van der Waals surface area contributed by atoms with Gasteiger partial charge >= 0.3 is 0 Å². The summed E-state index contributed by atoms with van der Waals surface area (Å²) in [5, 5.41) is 0. The molecule has 0 spiro atoms. The smallest absolute Gasteiger partial charge is 0.182 e. The Morgan fingerprint density at radius 2 is 2.17 bits per heavy atom. The highest BCUT2D eigenvalue weighted by molar-refractivity contribution is 5.75. The van der Waals surface area contributed by atoms with Crippen LogP contribution < -0.4 is 0 Å². The Labute approximate surface area is 113 Å². The molecule has 1 aliphatic heterocycles. The number of methoxy groups -OCH3 is 1. The van der Waals surface area contributed by atoms with Gasteiger partial charge in [0.1, 0.15) is 0 Å². The second-order valence-corrected chi connectivity index (χ2v) is 5.61. The van der Waals surface area contributed by atoms with Gasteiger partial charge in [0.05, 0.1) is 13.7 Å². The number of aliphatic imine (C=N–C) groups is 1. The van der Waals surface area contributed by atoms with E-state index in [1.807, 2.05) is 0 Å². The van der Waals surface area contributed by atoms with Crippen molar-refractivity contribution in [2.24, 2.45) is 10.9 Å². The Hall–Kier alpha value is -0.570. The van der Waals surface area contributed by atoms with E-state index in [0.29, 0.717) is 6.04 Å². The predicted molar refractivity (Wildman–Crippen MR) is 78.3 cm³/mol. The minimum atomic E-state index is 0.539. The molecule has 0 bridgehead atoms. The molecule has 0 N–H and O–H groups in total. The van der Waals surface area contributed by atoms with E-state index in [-0.39, 0.29) is 0 Å². The third kappa shape index (κ3) is 5.38. The molecule has 0 aromatic carbocycles. The van der Waals surface area contributed by atoms with E-state index < -0.39 is 0 Å². The van der Waals surface area contributed by atoms with E-state index in [1.54, 1.807) is 7.11 Å². The second kappa shape index (κ2) is 8.52. The molecule has 0 aliphatic carbocycles. The van der Waals surface area contributed by atoms with E-state index in [0.717, 1.165) is 31.2 Å². The van der Waals surface area contributed by atoms with Crippen molar-refractivity contribution in [3.8, 4) is 0 Å². The first kappa shape index (κ1) is 15.5. The van der Waals surface area contributed by atoms with Crippen molar-refractivity contribution >= 4 is 5.90 Å². The van der Waals surface area contributed by atoms with Gasteiger partial charge in [0.2, 0.25) is 0 Å². The quantitative estimate of drug-likeness (QED) is 0.555. The summed E-state index contributed by atoms with van der Waals surface area (Å²) in [5.74, 6) is 1.80. The molecule has 2 unspecified atom stereocenters. The van der Waals surface area contributed by atoms with Crippen molar-refractivity contribution in [3.63, 3.8) is 0 Å². The lowest BCUT2D eigenvalue weighted by Crippen LogP contribution is -2.36. The van der Waals surface area contributed by atoms with Gasteiger partial charge in [0, 0.05) is 12.5 Å². The molecule has 3 heteroatoms. The lowest BCUT2D eigenvalue weighted by Gasteiger charge is -2.26. The average molecular weight is 254 g/mol. The van der Waals surface area contributed by atoms with E-state index in [1.165, 1.54) is 32.4 Å². The molecule has 1 rings (SSSR count). The van der Waals surface area contributed by atoms with E-state index in [9.17, 15) is 0 Å². The molecule has 3 nitrogen and oxygen atoms in total. The van der Waals surface area contributed by atoms with Crippen molar-refractivity contribution in [3.05, 3.63) is 0 Å². The predicted octanol–water partition coefficient (Wildman–Crippen LogP) is 3.34. The molecule has 0 radical (unpaired) electrons. The average Bonchev–Trinajstić information content (AvgIpc) is 2.59. The summed E-state index contributed by atoms with van der Waals surface area (Å²) in [4.78, 5) is 7.20. The Balaban J connectivity index is 2.41. The molecule has 0 amide bonds. The van der Waals surface area contributed by atoms with Crippen molar-refractivity contribution in [2.45, 2.75) is 58.9 Å². The van der Waals surface area contributed by atoms with Gasteiger partial charge in [-0.3, -0.25) is 9.89 Å². The van der Waals surface area contributed by atoms with Crippen molar-refractivity contribution < 1.29 is 4.74 Å². The van der Waals surface area contributed by atoms with Crippen molar-refractivity contribution in [2.75, 3.05) is 26.7 Å². The molecule has 0 aromatic heterocycles. The van der Waals surface area contributed by atoms with Gasteiger partial charge in [-0.15, -0.1) is 0 Å². The van der Waals surface area contributed by atoms with Crippen LogP contribution in [-0.4, -0.2) is 43.6 Å². The zero-order chi connectivity index (χ0) is 13.4. The molecule has 2 atom stereocenters. The number of hydrogen-bond donors (Lipinski definition) is 0. The summed E-state index contributed by atoms with van der Waals surface area (Å²) >= 11 is 0. The van der Waals surface area contributed by atoms with Crippen molar-refractivity contribution in [1.29, 1.82) is 0 Å². The first-order valence-corrected chi connectivity index (χ1v) is 7.48. The molecule has 0 saturated carbocycles. The van der Waals surface area contributed by atoms with Crippen molar-refractivity contribution in [1.82, 2.24) is 4.90 Å². The first-order valence-electron chi connectivity index (χ1n) is 7.48. The largest absolute Gasteiger partial charge is 0.484 e. The molecule has 106 valence electrons. The Bertz CT molecular complexity index is 253. The first-order chi connectivity index (χ1) is 8.67. The fourth-order valence-electron chi connectivity index (χ4n) is 2.53. The molecular formula is C15H30N2O. The van der Waals surface area contributed by atoms with Crippen LogP contribution >= 0.6 is 0 Å². The van der Waals surface area contributed by atoms with Crippen LogP contribution in [-0.2, 0) is 4.74 Å². The van der Waals surface area contributed by atoms with Gasteiger partial charge in [-0.25, -0.2) is 0 Å². The molecule has 1 aliphatic rings. The SMILES string of the molecule is CCCC(=NCC(C)N1CCCC(C)CC1)OC. The minimum Gasteiger partial charge on any atom is -0.484 e. The lowest BCUT2D eigenvalue weighted by atomic mass is 10.0. The highest BCUT2D eigenvalue weighted by atomic mass is 16.5. The molecule has 1 saturated heterocycles. The molecule has 1 fully saturated rings. The maximum Gasteiger partial charge on any atom is 0.182 e. The van der Waals surface area contributed by atoms with Gasteiger partial charge in [-0.1, -0.05) is 13.8 Å². The molecule has 0 aromatic rings. The van der Waals surface area contributed by atoms with Gasteiger partial charge in [-0.05, 0) is 51.6 Å². The highest BCUT2D eigenvalue weighted by Crippen LogP contribution is 2.18. The number of rotatable bonds is 5. The Morgan fingerprint density at radius 3 is 2.83 bits per heavy atom. The normalized spacial score (nSPS) is 24.7. The zero-order valence-electron chi connectivity index (χ0n) is 12.6. The second-order valence-electron chi connectivity index (χ2n) is 5.61. The summed E-state index contributed by atoms with van der Waals surface area (Å²) in [6.07, 6.45) is 6.11. The van der Waals surface area contributed by atoms with Gasteiger partial charge in [-0.2, -0.15) is 0 Å². The molecule has 1 heterocycles. The van der Waals surface area contributed by atoms with Crippen LogP contribution in [0.5, 0.6) is 0 Å². The van der Waals surface area contributed by atoms with E-state index in [4.69, 9.17) is 4.74 Å². The number of ether oxygens (including phenoxy) is 1. The number of likely N-dealkylation sites (tertiary alicyclic amines) is 1. The Kier molecular flexibility index (Phi) is 7.33.